The van der Waals surface area contributed by atoms with E-state index in [2.05, 4.69) is 36.0 Å². The quantitative estimate of drug-likeness (QED) is 0.548. The first-order valence-corrected chi connectivity index (χ1v) is 10.6. The minimum atomic E-state index is -1.06. The van der Waals surface area contributed by atoms with Gasteiger partial charge in [0, 0.05) is 11.9 Å². The van der Waals surface area contributed by atoms with Gasteiger partial charge >= 0.3 is 6.09 Å². The van der Waals surface area contributed by atoms with E-state index in [1.165, 1.54) is 18.2 Å². The average Bonchev–Trinajstić information content (AvgIpc) is 3.10. The number of nitrogens with zero attached hydrogens (tertiary/aromatic N) is 3. The van der Waals surface area contributed by atoms with Gasteiger partial charge in [0.05, 0.1) is 23.2 Å². The third kappa shape index (κ3) is 3.92. The van der Waals surface area contributed by atoms with Crippen molar-refractivity contribution in [3.05, 3.63) is 47.8 Å². The Kier molecular flexibility index (Phi) is 5.40. The summed E-state index contributed by atoms with van der Waals surface area (Å²) in [6, 6.07) is 9.43. The number of hydrogen-bond acceptors (Lipinski definition) is 5. The fourth-order valence-electron chi connectivity index (χ4n) is 4.70. The Hall–Kier alpha value is -3.42. The van der Waals surface area contributed by atoms with Gasteiger partial charge < -0.3 is 20.4 Å². The molecule has 0 aliphatic carbocycles. The summed E-state index contributed by atoms with van der Waals surface area (Å²) in [5.41, 5.74) is 1.30. The molecule has 4 rings (SSSR count). The zero-order valence-corrected chi connectivity index (χ0v) is 18.6. The van der Waals surface area contributed by atoms with E-state index >= 15 is 0 Å². The van der Waals surface area contributed by atoms with Gasteiger partial charge in [0.1, 0.15) is 17.4 Å². The molecular weight excluding hydrogens is 411 g/mol. The molecule has 1 aromatic heterocycles. The fraction of sp³-hybridized carbons (Fsp3) is 0.375. The van der Waals surface area contributed by atoms with E-state index in [-0.39, 0.29) is 34.6 Å². The number of anilines is 1. The maximum atomic E-state index is 14.7. The van der Waals surface area contributed by atoms with Gasteiger partial charge in [-0.2, -0.15) is 0 Å². The summed E-state index contributed by atoms with van der Waals surface area (Å²) in [6.45, 7) is 8.70. The van der Waals surface area contributed by atoms with Crippen LogP contribution in [0, 0.1) is 18.2 Å². The molecule has 1 fully saturated rings. The monoisotopic (exact) mass is 438 g/mol. The molecule has 2 aromatic carbocycles. The van der Waals surface area contributed by atoms with Crippen LogP contribution in [-0.2, 0) is 0 Å². The number of phenols is 1. The lowest BCUT2D eigenvalue weighted by molar-refractivity contribution is 0.182. The third-order valence-corrected chi connectivity index (χ3v) is 5.91. The van der Waals surface area contributed by atoms with Crippen LogP contribution < -0.4 is 10.2 Å². The molecule has 0 saturated carbocycles. The summed E-state index contributed by atoms with van der Waals surface area (Å²) in [6.07, 6.45) is -0.447. The molecule has 168 valence electrons. The summed E-state index contributed by atoms with van der Waals surface area (Å²) in [4.78, 5) is 22.8. The molecule has 1 aliphatic heterocycles. The second-order valence-corrected chi connectivity index (χ2v) is 9.37. The summed E-state index contributed by atoms with van der Waals surface area (Å²) in [5.74, 6) is -0.150. The highest BCUT2D eigenvalue weighted by molar-refractivity contribution is 5.92. The van der Waals surface area contributed by atoms with Crippen LogP contribution in [0.5, 0.6) is 5.75 Å². The molecule has 3 N–H and O–H groups in total. The summed E-state index contributed by atoms with van der Waals surface area (Å²) in [5, 5.41) is 23.1. The van der Waals surface area contributed by atoms with E-state index in [1.54, 1.807) is 0 Å². The van der Waals surface area contributed by atoms with Crippen molar-refractivity contribution in [1.29, 1.82) is 0 Å². The van der Waals surface area contributed by atoms with Gasteiger partial charge in [0.15, 0.2) is 5.82 Å². The number of aromatic hydroxyl groups is 1. The van der Waals surface area contributed by atoms with E-state index in [4.69, 9.17) is 4.98 Å². The predicted octanol–water partition coefficient (Wildman–Crippen LogP) is 4.71. The highest BCUT2D eigenvalue weighted by Gasteiger charge is 2.43. The van der Waals surface area contributed by atoms with Crippen molar-refractivity contribution in [3.63, 3.8) is 0 Å². The van der Waals surface area contributed by atoms with Crippen molar-refractivity contribution in [1.82, 2.24) is 15.3 Å². The van der Waals surface area contributed by atoms with E-state index in [0.29, 0.717) is 24.3 Å². The van der Waals surface area contributed by atoms with Gasteiger partial charge in [-0.1, -0.05) is 32.9 Å². The number of carboxylic acid groups (broad SMARTS) is 1. The van der Waals surface area contributed by atoms with Crippen LogP contribution in [0.4, 0.5) is 15.0 Å². The van der Waals surface area contributed by atoms with Crippen molar-refractivity contribution in [2.75, 3.05) is 11.4 Å². The topological polar surface area (TPSA) is 98.6 Å². The van der Waals surface area contributed by atoms with Crippen LogP contribution in [0.25, 0.3) is 22.3 Å². The molecule has 2 atom stereocenters. The van der Waals surface area contributed by atoms with Crippen LogP contribution in [-0.4, -0.2) is 44.9 Å². The molecule has 2 heterocycles. The highest BCUT2D eigenvalue weighted by atomic mass is 19.1. The van der Waals surface area contributed by atoms with E-state index in [9.17, 15) is 19.4 Å². The molecule has 1 aliphatic rings. The number of rotatable bonds is 3. The molecule has 3 aromatic rings. The number of benzene rings is 2. The van der Waals surface area contributed by atoms with Gasteiger partial charge in [0.2, 0.25) is 0 Å². The number of aromatic nitrogens is 2. The number of hydrogen-bond donors (Lipinski definition) is 3. The van der Waals surface area contributed by atoms with Crippen molar-refractivity contribution in [2.24, 2.45) is 5.41 Å². The Bertz CT molecular complexity index is 1170. The van der Waals surface area contributed by atoms with Crippen LogP contribution in [0.3, 0.4) is 0 Å². The standard InChI is InChI=1S/C24H27FN4O3/c1-13-8-9-14-17(12-13)26-21(19-15(25)6-5-7-18(19)30)28-22(14)29-11-10-16(27-23(31)32)20(29)24(2,3)4/h5-9,12,16,20,27,30H,10-11H2,1-4H3,(H,31,32). The lowest BCUT2D eigenvalue weighted by Gasteiger charge is -2.39. The van der Waals surface area contributed by atoms with Gasteiger partial charge in [-0.25, -0.2) is 19.2 Å². The molecule has 0 bridgehead atoms. The third-order valence-electron chi connectivity index (χ3n) is 5.91. The predicted molar refractivity (Wildman–Crippen MR) is 121 cm³/mol. The van der Waals surface area contributed by atoms with Crippen molar-refractivity contribution >= 4 is 22.8 Å². The van der Waals surface area contributed by atoms with Gasteiger partial charge in [-0.15, -0.1) is 0 Å². The van der Waals surface area contributed by atoms with E-state index < -0.39 is 11.9 Å². The highest BCUT2D eigenvalue weighted by Crippen LogP contribution is 2.40. The smallest absolute Gasteiger partial charge is 0.404 e. The van der Waals surface area contributed by atoms with E-state index in [1.807, 2.05) is 25.1 Å². The van der Waals surface area contributed by atoms with Crippen LogP contribution in [0.15, 0.2) is 36.4 Å². The van der Waals surface area contributed by atoms with Crippen molar-refractivity contribution < 1.29 is 19.4 Å². The Morgan fingerprint density at radius 1 is 1.22 bits per heavy atom. The molecule has 7 nitrogen and oxygen atoms in total. The van der Waals surface area contributed by atoms with Gasteiger partial charge in [0.25, 0.3) is 0 Å². The second-order valence-electron chi connectivity index (χ2n) is 9.37. The molecule has 0 spiro atoms. The fourth-order valence-corrected chi connectivity index (χ4v) is 4.70. The summed E-state index contributed by atoms with van der Waals surface area (Å²) >= 11 is 0. The average molecular weight is 439 g/mol. The number of phenolic OH excluding ortho intramolecular Hbond substituents is 1. The van der Waals surface area contributed by atoms with Crippen LogP contribution >= 0.6 is 0 Å². The summed E-state index contributed by atoms with van der Waals surface area (Å²) in [7, 11) is 0. The minimum absolute atomic E-state index is 0.0520. The number of halogens is 1. The first kappa shape index (κ1) is 21.8. The Labute approximate surface area is 185 Å². The first-order chi connectivity index (χ1) is 15.1. The summed E-state index contributed by atoms with van der Waals surface area (Å²) < 4.78 is 14.7. The largest absolute Gasteiger partial charge is 0.507 e. The second kappa shape index (κ2) is 7.93. The molecule has 0 radical (unpaired) electrons. The molecule has 32 heavy (non-hydrogen) atoms. The number of carbonyl (C=O) groups is 1. The number of fused-ring (bicyclic) bond motifs is 1. The normalized spacial score (nSPS) is 18.8. The molecule has 1 saturated heterocycles. The van der Waals surface area contributed by atoms with Gasteiger partial charge in [-0.05, 0) is 48.6 Å². The maximum absolute atomic E-state index is 14.7. The molecule has 1 amide bonds. The Balaban J connectivity index is 1.94. The van der Waals surface area contributed by atoms with Crippen molar-refractivity contribution in [3.8, 4) is 17.1 Å². The lowest BCUT2D eigenvalue weighted by atomic mass is 9.82. The van der Waals surface area contributed by atoms with Gasteiger partial charge in [-0.3, -0.25) is 0 Å². The Morgan fingerprint density at radius 3 is 2.62 bits per heavy atom. The van der Waals surface area contributed by atoms with E-state index in [0.717, 1.165) is 10.9 Å². The molecule has 2 unspecified atom stereocenters. The molecular formula is C24H27FN4O3. The number of amides is 1. The zero-order valence-electron chi connectivity index (χ0n) is 18.6. The Morgan fingerprint density at radius 2 is 1.97 bits per heavy atom. The van der Waals surface area contributed by atoms with Crippen LogP contribution in [0.1, 0.15) is 32.8 Å². The molecule has 8 heteroatoms. The lowest BCUT2D eigenvalue weighted by Crippen LogP contribution is -2.51. The SMILES string of the molecule is Cc1ccc2c(N3CCC(NC(=O)O)C3C(C)(C)C)nc(-c3c(O)cccc3F)nc2c1. The first-order valence-electron chi connectivity index (χ1n) is 10.6. The minimum Gasteiger partial charge on any atom is -0.507 e. The van der Waals surface area contributed by atoms with Crippen molar-refractivity contribution in [2.45, 2.75) is 46.2 Å². The maximum Gasteiger partial charge on any atom is 0.404 e. The zero-order chi connectivity index (χ0) is 23.2. The number of aryl methyl sites for hydroxylation is 1. The van der Waals surface area contributed by atoms with Crippen LogP contribution in [0.2, 0.25) is 0 Å². The number of nitrogens with one attached hydrogen (secondary N) is 1.